The quantitative estimate of drug-likeness (QED) is 0.375. The molecule has 0 saturated carbocycles. The highest BCUT2D eigenvalue weighted by atomic mass is 79.9. The second kappa shape index (κ2) is 9.41. The van der Waals surface area contributed by atoms with Crippen LogP contribution in [0.25, 0.3) is 0 Å². The van der Waals surface area contributed by atoms with E-state index in [0.717, 1.165) is 21.3 Å². The number of carbonyl (C=O) groups is 1. The average molecular weight is 450 g/mol. The molecule has 1 atom stereocenters. The van der Waals surface area contributed by atoms with Crippen molar-refractivity contribution in [2.75, 3.05) is 5.32 Å². The van der Waals surface area contributed by atoms with Gasteiger partial charge in [0.1, 0.15) is 0 Å². The van der Waals surface area contributed by atoms with Crippen LogP contribution in [0, 0.1) is 13.8 Å². The third-order valence-corrected chi connectivity index (χ3v) is 5.94. The Kier molecular flexibility index (Phi) is 6.92. The van der Waals surface area contributed by atoms with Crippen LogP contribution in [0.3, 0.4) is 0 Å². The third-order valence-electron chi connectivity index (χ3n) is 5.41. The van der Waals surface area contributed by atoms with Crippen LogP contribution in [-0.4, -0.2) is 5.78 Å². The molecule has 0 bridgehead atoms. The van der Waals surface area contributed by atoms with Gasteiger partial charge in [0.25, 0.3) is 0 Å². The number of hydrogen-bond donors (Lipinski definition) is 1. The monoisotopic (exact) mass is 449 g/mol. The highest BCUT2D eigenvalue weighted by molar-refractivity contribution is 9.10. The van der Waals surface area contributed by atoms with Gasteiger partial charge in [0, 0.05) is 22.1 Å². The van der Waals surface area contributed by atoms with Gasteiger partial charge in [-0.25, -0.2) is 0 Å². The molecule has 29 heavy (non-hydrogen) atoms. The standard InChI is InChI=1S/C26H28BrNO/c1-17(2)20-6-8-21(9-7-20)25(28-24-14-5-18(3)19(4)15-24)16-26(29)22-10-12-23(27)13-11-22/h5-15,17,25,28H,16H2,1-4H3. The minimum atomic E-state index is -0.0885. The van der Waals surface area contributed by atoms with Gasteiger partial charge in [-0.05, 0) is 66.3 Å². The van der Waals surface area contributed by atoms with E-state index >= 15 is 0 Å². The zero-order valence-electron chi connectivity index (χ0n) is 17.5. The summed E-state index contributed by atoms with van der Waals surface area (Å²) in [6, 6.07) is 22.5. The molecule has 3 aromatic carbocycles. The second-order valence-corrected chi connectivity index (χ2v) is 8.87. The molecule has 0 radical (unpaired) electrons. The molecule has 0 aromatic heterocycles. The Morgan fingerprint density at radius 3 is 2.07 bits per heavy atom. The molecule has 0 saturated heterocycles. The van der Waals surface area contributed by atoms with Gasteiger partial charge in [-0.2, -0.15) is 0 Å². The van der Waals surface area contributed by atoms with Crippen LogP contribution in [0.2, 0.25) is 0 Å². The van der Waals surface area contributed by atoms with Crippen molar-refractivity contribution in [1.82, 2.24) is 0 Å². The maximum Gasteiger partial charge on any atom is 0.165 e. The van der Waals surface area contributed by atoms with E-state index in [0.29, 0.717) is 12.3 Å². The van der Waals surface area contributed by atoms with Crippen molar-refractivity contribution in [3.05, 3.63) is 99.0 Å². The van der Waals surface area contributed by atoms with Crippen molar-refractivity contribution in [3.63, 3.8) is 0 Å². The zero-order valence-corrected chi connectivity index (χ0v) is 19.1. The summed E-state index contributed by atoms with van der Waals surface area (Å²) in [7, 11) is 0. The van der Waals surface area contributed by atoms with E-state index in [4.69, 9.17) is 0 Å². The largest absolute Gasteiger partial charge is 0.378 e. The fourth-order valence-corrected chi connectivity index (χ4v) is 3.60. The molecule has 1 unspecified atom stereocenters. The highest BCUT2D eigenvalue weighted by Crippen LogP contribution is 2.27. The van der Waals surface area contributed by atoms with E-state index in [-0.39, 0.29) is 11.8 Å². The van der Waals surface area contributed by atoms with Gasteiger partial charge in [0.2, 0.25) is 0 Å². The minimum absolute atomic E-state index is 0.0885. The third kappa shape index (κ3) is 5.57. The summed E-state index contributed by atoms with van der Waals surface area (Å²) in [4.78, 5) is 13.0. The molecule has 2 nitrogen and oxygen atoms in total. The molecule has 150 valence electrons. The maximum atomic E-state index is 13.0. The number of rotatable bonds is 7. The van der Waals surface area contributed by atoms with E-state index in [9.17, 15) is 4.79 Å². The highest BCUT2D eigenvalue weighted by Gasteiger charge is 2.18. The number of aryl methyl sites for hydroxylation is 2. The number of benzene rings is 3. The molecule has 0 aliphatic carbocycles. The topological polar surface area (TPSA) is 29.1 Å². The van der Waals surface area contributed by atoms with E-state index in [1.54, 1.807) is 0 Å². The first-order valence-corrected chi connectivity index (χ1v) is 10.8. The first-order valence-electron chi connectivity index (χ1n) is 10.1. The van der Waals surface area contributed by atoms with Crippen LogP contribution < -0.4 is 5.32 Å². The summed E-state index contributed by atoms with van der Waals surface area (Å²) in [5.74, 6) is 0.617. The lowest BCUT2D eigenvalue weighted by Gasteiger charge is -2.21. The Morgan fingerprint density at radius 1 is 0.862 bits per heavy atom. The number of carbonyl (C=O) groups excluding carboxylic acids is 1. The lowest BCUT2D eigenvalue weighted by atomic mass is 9.94. The SMILES string of the molecule is Cc1ccc(NC(CC(=O)c2ccc(Br)cc2)c2ccc(C(C)C)cc2)cc1C. The zero-order chi connectivity index (χ0) is 21.0. The average Bonchev–Trinajstić information content (AvgIpc) is 2.70. The van der Waals surface area contributed by atoms with E-state index in [2.05, 4.69) is 91.4 Å². The van der Waals surface area contributed by atoms with Gasteiger partial charge in [-0.15, -0.1) is 0 Å². The second-order valence-electron chi connectivity index (χ2n) is 7.95. The molecule has 0 heterocycles. The molecule has 0 aliphatic heterocycles. The van der Waals surface area contributed by atoms with Crippen molar-refractivity contribution >= 4 is 27.4 Å². The van der Waals surface area contributed by atoms with E-state index in [1.165, 1.54) is 16.7 Å². The Hall–Kier alpha value is -2.39. The Bertz CT molecular complexity index is 975. The minimum Gasteiger partial charge on any atom is -0.378 e. The molecular formula is C26H28BrNO. The molecule has 3 heteroatoms. The summed E-state index contributed by atoms with van der Waals surface area (Å²) >= 11 is 3.43. The van der Waals surface area contributed by atoms with Gasteiger partial charge >= 0.3 is 0 Å². The lowest BCUT2D eigenvalue weighted by Crippen LogP contribution is -2.16. The summed E-state index contributed by atoms with van der Waals surface area (Å²) in [6.45, 7) is 8.60. The van der Waals surface area contributed by atoms with Crippen LogP contribution in [0.1, 0.15) is 64.8 Å². The molecule has 3 rings (SSSR count). The summed E-state index contributed by atoms with van der Waals surface area (Å²) in [5.41, 5.74) is 6.70. The number of anilines is 1. The Balaban J connectivity index is 1.88. The fraction of sp³-hybridized carbons (Fsp3) is 0.269. The van der Waals surface area contributed by atoms with Crippen LogP contribution in [0.4, 0.5) is 5.69 Å². The maximum absolute atomic E-state index is 13.0. The van der Waals surface area contributed by atoms with Crippen LogP contribution in [-0.2, 0) is 0 Å². The summed E-state index contributed by atoms with van der Waals surface area (Å²) < 4.78 is 0.975. The predicted molar refractivity (Wildman–Crippen MR) is 126 cm³/mol. The van der Waals surface area contributed by atoms with Crippen LogP contribution in [0.5, 0.6) is 0 Å². The molecule has 0 aliphatic rings. The molecule has 3 aromatic rings. The van der Waals surface area contributed by atoms with E-state index < -0.39 is 0 Å². The lowest BCUT2D eigenvalue weighted by molar-refractivity contribution is 0.0976. The number of Topliss-reactive ketones (excluding diaryl/α,β-unsaturated/α-hetero) is 1. The molecule has 0 spiro atoms. The Morgan fingerprint density at radius 2 is 1.48 bits per heavy atom. The first kappa shape index (κ1) is 21.3. The van der Waals surface area contributed by atoms with Crippen molar-refractivity contribution in [2.45, 2.75) is 46.1 Å². The van der Waals surface area contributed by atoms with Gasteiger partial charge < -0.3 is 5.32 Å². The number of ketones is 1. The number of halogens is 1. The first-order chi connectivity index (χ1) is 13.8. The smallest absolute Gasteiger partial charge is 0.165 e. The van der Waals surface area contributed by atoms with Crippen molar-refractivity contribution < 1.29 is 4.79 Å². The summed E-state index contributed by atoms with van der Waals surface area (Å²) in [5, 5.41) is 3.59. The molecular weight excluding hydrogens is 422 g/mol. The van der Waals surface area contributed by atoms with Gasteiger partial charge in [0.15, 0.2) is 5.78 Å². The number of hydrogen-bond acceptors (Lipinski definition) is 2. The van der Waals surface area contributed by atoms with Gasteiger partial charge in [-0.3, -0.25) is 4.79 Å². The van der Waals surface area contributed by atoms with Crippen molar-refractivity contribution in [2.24, 2.45) is 0 Å². The normalized spacial score (nSPS) is 12.1. The van der Waals surface area contributed by atoms with Crippen LogP contribution in [0.15, 0.2) is 71.2 Å². The number of nitrogens with one attached hydrogen (secondary N) is 1. The molecule has 0 fully saturated rings. The predicted octanol–water partition coefficient (Wildman–Crippen LogP) is 7.62. The molecule has 1 N–H and O–H groups in total. The van der Waals surface area contributed by atoms with Gasteiger partial charge in [0.05, 0.1) is 6.04 Å². The Labute approximate surface area is 182 Å². The van der Waals surface area contributed by atoms with Crippen molar-refractivity contribution in [3.8, 4) is 0 Å². The van der Waals surface area contributed by atoms with E-state index in [1.807, 2.05) is 24.3 Å². The molecule has 0 amide bonds. The summed E-state index contributed by atoms with van der Waals surface area (Å²) in [6.07, 6.45) is 0.398. The van der Waals surface area contributed by atoms with Gasteiger partial charge in [-0.1, -0.05) is 72.2 Å². The van der Waals surface area contributed by atoms with Crippen LogP contribution >= 0.6 is 15.9 Å². The fourth-order valence-electron chi connectivity index (χ4n) is 3.34. The van der Waals surface area contributed by atoms with Crippen molar-refractivity contribution in [1.29, 1.82) is 0 Å².